The highest BCUT2D eigenvalue weighted by atomic mass is 19.4. The summed E-state index contributed by atoms with van der Waals surface area (Å²) in [5.74, 6) is -1.65. The number of amides is 4. The molecule has 1 aliphatic rings. The van der Waals surface area contributed by atoms with E-state index in [0.29, 0.717) is 5.69 Å². The molecule has 12 heteroatoms. The number of aliphatic imine (C=N–C) groups is 1. The number of rotatable bonds is 4. The second kappa shape index (κ2) is 8.19. The van der Waals surface area contributed by atoms with Crippen LogP contribution in [0.3, 0.4) is 0 Å². The lowest BCUT2D eigenvalue weighted by atomic mass is 10.1. The summed E-state index contributed by atoms with van der Waals surface area (Å²) in [7, 11) is 0. The average Bonchev–Trinajstić information content (AvgIpc) is 2.70. The third-order valence-electron chi connectivity index (χ3n) is 3.98. The second-order valence-corrected chi connectivity index (χ2v) is 6.00. The molecule has 0 radical (unpaired) electrons. The number of anilines is 2. The molecule has 3 rings (SSSR count). The summed E-state index contributed by atoms with van der Waals surface area (Å²) in [6.45, 7) is 2.78. The van der Waals surface area contributed by atoms with Gasteiger partial charge in [-0.05, 0) is 36.5 Å². The summed E-state index contributed by atoms with van der Waals surface area (Å²) >= 11 is 0. The van der Waals surface area contributed by atoms with E-state index in [-0.39, 0.29) is 17.9 Å². The van der Waals surface area contributed by atoms with Gasteiger partial charge in [-0.3, -0.25) is 14.5 Å². The molecule has 0 aliphatic carbocycles. The highest BCUT2D eigenvalue weighted by Gasteiger charge is 2.33. The van der Waals surface area contributed by atoms with E-state index in [4.69, 9.17) is 0 Å². The van der Waals surface area contributed by atoms with Gasteiger partial charge in [-0.1, -0.05) is 12.1 Å². The predicted molar refractivity (Wildman–Crippen MR) is 99.2 cm³/mol. The number of hydrogen-bond acceptors (Lipinski definition) is 5. The quantitative estimate of drug-likeness (QED) is 0.737. The van der Waals surface area contributed by atoms with Gasteiger partial charge in [0.15, 0.2) is 5.82 Å². The average molecular weight is 421 g/mol. The number of aromatic nitrogens is 1. The number of urea groups is 1. The van der Waals surface area contributed by atoms with E-state index in [1.807, 2.05) is 0 Å². The topological polar surface area (TPSA) is 113 Å². The van der Waals surface area contributed by atoms with Gasteiger partial charge in [0.05, 0.1) is 5.69 Å². The molecule has 2 aromatic rings. The summed E-state index contributed by atoms with van der Waals surface area (Å²) in [5.41, 5.74) is 0.445. The van der Waals surface area contributed by atoms with Crippen LogP contribution in [-0.4, -0.2) is 42.5 Å². The van der Waals surface area contributed by atoms with Crippen LogP contribution >= 0.6 is 0 Å². The maximum absolute atomic E-state index is 12.8. The summed E-state index contributed by atoms with van der Waals surface area (Å²) < 4.78 is 40.7. The van der Waals surface area contributed by atoms with Crippen molar-refractivity contribution in [1.29, 1.82) is 0 Å². The molecule has 1 aliphatic heterocycles. The van der Waals surface area contributed by atoms with E-state index in [0.717, 1.165) is 17.0 Å². The van der Waals surface area contributed by atoms with Crippen molar-refractivity contribution in [2.24, 2.45) is 4.99 Å². The Morgan fingerprint density at radius 2 is 1.97 bits per heavy atom. The lowest BCUT2D eigenvalue weighted by Crippen LogP contribution is -2.49. The van der Waals surface area contributed by atoms with Gasteiger partial charge in [0, 0.05) is 6.20 Å². The normalized spacial score (nSPS) is 14.2. The van der Waals surface area contributed by atoms with Gasteiger partial charge in [-0.25, -0.2) is 14.8 Å². The monoisotopic (exact) mass is 421 g/mol. The molecule has 1 aromatic heterocycles. The van der Waals surface area contributed by atoms with Gasteiger partial charge in [0.25, 0.3) is 5.91 Å². The Bertz CT molecular complexity index is 994. The lowest BCUT2D eigenvalue weighted by Gasteiger charge is -2.29. The first-order chi connectivity index (χ1) is 14.2. The van der Waals surface area contributed by atoms with Crippen LogP contribution in [0, 0.1) is 0 Å². The molecular formula is C18H14F3N5O4. The van der Waals surface area contributed by atoms with Crippen LogP contribution in [0.5, 0.6) is 5.75 Å². The molecule has 9 nitrogen and oxygen atoms in total. The fourth-order valence-electron chi connectivity index (χ4n) is 2.73. The number of hydrogen-bond donors (Lipinski definition) is 2. The summed E-state index contributed by atoms with van der Waals surface area (Å²) in [6.07, 6.45) is -3.45. The van der Waals surface area contributed by atoms with E-state index in [2.05, 4.69) is 32.1 Å². The summed E-state index contributed by atoms with van der Waals surface area (Å²) in [6, 6.07) is 5.25. The van der Waals surface area contributed by atoms with Crippen molar-refractivity contribution in [3.63, 3.8) is 0 Å². The van der Waals surface area contributed by atoms with Gasteiger partial charge in [-0.2, -0.15) is 0 Å². The second-order valence-electron chi connectivity index (χ2n) is 6.00. The third-order valence-corrected chi connectivity index (χ3v) is 3.98. The van der Waals surface area contributed by atoms with Crippen LogP contribution in [0.25, 0.3) is 0 Å². The van der Waals surface area contributed by atoms with Crippen molar-refractivity contribution in [2.75, 3.05) is 16.8 Å². The highest BCUT2D eigenvalue weighted by molar-refractivity contribution is 6.09. The molecule has 0 bridgehead atoms. The maximum atomic E-state index is 12.8. The van der Waals surface area contributed by atoms with Crippen molar-refractivity contribution < 1.29 is 32.3 Å². The maximum Gasteiger partial charge on any atom is 0.573 e. The fourth-order valence-corrected chi connectivity index (χ4v) is 2.73. The highest BCUT2D eigenvalue weighted by Crippen LogP contribution is 2.28. The van der Waals surface area contributed by atoms with E-state index >= 15 is 0 Å². The molecule has 156 valence electrons. The molecule has 30 heavy (non-hydrogen) atoms. The standard InChI is InChI=1S/C18H14F3N5O4/c1-22-16(28)14(10-4-6-11(7-5-10)30-18(19,20)21)25-17(29)26-9-13(27)24-12-3-2-8-23-15(12)26/h2-8,14H,1,9H2,(H,24,27)(H,25,29). The number of carbonyl (C=O) groups is 3. The number of benzene rings is 1. The molecule has 1 atom stereocenters. The number of nitrogens with one attached hydrogen (secondary N) is 2. The third kappa shape index (κ3) is 4.71. The van der Waals surface area contributed by atoms with Crippen molar-refractivity contribution >= 4 is 36.1 Å². The molecule has 0 fully saturated rings. The van der Waals surface area contributed by atoms with E-state index in [9.17, 15) is 27.6 Å². The first-order valence-electron chi connectivity index (χ1n) is 8.37. The minimum absolute atomic E-state index is 0.137. The van der Waals surface area contributed by atoms with Gasteiger partial charge in [-0.15, -0.1) is 13.2 Å². The lowest BCUT2D eigenvalue weighted by molar-refractivity contribution is -0.274. The van der Waals surface area contributed by atoms with Crippen molar-refractivity contribution in [2.45, 2.75) is 12.4 Å². The van der Waals surface area contributed by atoms with Gasteiger partial charge in [0.1, 0.15) is 18.3 Å². The SMILES string of the molecule is C=NC(=O)C(NC(=O)N1CC(=O)Nc2cccnc21)c1ccc(OC(F)(F)F)cc1. The van der Waals surface area contributed by atoms with Crippen LogP contribution in [0.15, 0.2) is 47.6 Å². The van der Waals surface area contributed by atoms with Crippen molar-refractivity contribution in [3.8, 4) is 5.75 Å². The molecular weight excluding hydrogens is 407 g/mol. The zero-order valence-electron chi connectivity index (χ0n) is 15.1. The van der Waals surface area contributed by atoms with Crippen LogP contribution in [0.2, 0.25) is 0 Å². The van der Waals surface area contributed by atoms with Gasteiger partial charge < -0.3 is 15.4 Å². The largest absolute Gasteiger partial charge is 0.573 e. The number of alkyl halides is 3. The Morgan fingerprint density at radius 3 is 2.60 bits per heavy atom. The van der Waals surface area contributed by atoms with Gasteiger partial charge in [0.2, 0.25) is 5.91 Å². The molecule has 2 N–H and O–H groups in total. The summed E-state index contributed by atoms with van der Waals surface area (Å²) in [4.78, 5) is 45.2. The van der Waals surface area contributed by atoms with E-state index < -0.39 is 36.0 Å². The van der Waals surface area contributed by atoms with Crippen molar-refractivity contribution in [3.05, 3.63) is 48.2 Å². The first-order valence-corrected chi connectivity index (χ1v) is 8.37. The van der Waals surface area contributed by atoms with E-state index in [1.165, 1.54) is 18.3 Å². The minimum atomic E-state index is -4.87. The molecule has 4 amide bonds. The number of pyridine rings is 1. The Morgan fingerprint density at radius 1 is 1.27 bits per heavy atom. The summed E-state index contributed by atoms with van der Waals surface area (Å²) in [5, 5.41) is 4.97. The molecule has 1 unspecified atom stereocenters. The first kappa shape index (κ1) is 20.8. The minimum Gasteiger partial charge on any atom is -0.406 e. The number of fused-ring (bicyclic) bond motifs is 1. The van der Waals surface area contributed by atoms with Crippen LogP contribution < -0.4 is 20.3 Å². The van der Waals surface area contributed by atoms with Crippen LogP contribution in [0.1, 0.15) is 11.6 Å². The Kier molecular flexibility index (Phi) is 5.67. The molecule has 0 saturated carbocycles. The number of ether oxygens (including phenoxy) is 1. The van der Waals surface area contributed by atoms with E-state index in [1.54, 1.807) is 12.1 Å². The fraction of sp³-hybridized carbons (Fsp3) is 0.167. The number of carbonyl (C=O) groups excluding carboxylic acids is 3. The zero-order valence-corrected chi connectivity index (χ0v) is 15.1. The number of nitrogens with zero attached hydrogens (tertiary/aromatic N) is 3. The molecule has 1 aromatic carbocycles. The predicted octanol–water partition coefficient (Wildman–Crippen LogP) is 2.42. The molecule has 0 saturated heterocycles. The smallest absolute Gasteiger partial charge is 0.406 e. The number of halogens is 3. The van der Waals surface area contributed by atoms with Crippen molar-refractivity contribution in [1.82, 2.24) is 10.3 Å². The Hall–Kier alpha value is -3.96. The Labute approximate surface area is 167 Å². The van der Waals surface area contributed by atoms with Crippen LogP contribution in [-0.2, 0) is 9.59 Å². The Balaban J connectivity index is 1.84. The zero-order chi connectivity index (χ0) is 21.9. The molecule has 2 heterocycles. The van der Waals surface area contributed by atoms with Crippen LogP contribution in [0.4, 0.5) is 29.5 Å². The van der Waals surface area contributed by atoms with Gasteiger partial charge >= 0.3 is 12.4 Å². The molecule has 0 spiro atoms.